The molecule has 0 aliphatic rings. The molecule has 0 aromatic heterocycles. The fourth-order valence-electron chi connectivity index (χ4n) is 0.351. The topological polar surface area (TPSA) is 35.2 Å². The van der Waals surface area contributed by atoms with Gasteiger partial charge in [-0.1, -0.05) is 6.92 Å². The third kappa shape index (κ3) is 1.60. The highest BCUT2D eigenvalue weighted by atomic mass is 19.4. The summed E-state index contributed by atoms with van der Waals surface area (Å²) in [6.45, 7) is 2.27. The van der Waals surface area contributed by atoms with E-state index in [2.05, 4.69) is 10.7 Å². The maximum absolute atomic E-state index is 11.9. The molecule has 2 N–H and O–H groups in total. The molecule has 0 amide bonds. The van der Waals surface area contributed by atoms with Crippen LogP contribution in [0.5, 0.6) is 0 Å². The third-order valence-electron chi connectivity index (χ3n) is 1.53. The van der Waals surface area contributed by atoms with E-state index in [0.29, 0.717) is 0 Å². The zero-order valence-electron chi connectivity index (χ0n) is 5.83. The molecule has 0 heterocycles. The summed E-state index contributed by atoms with van der Waals surface area (Å²) < 4.78 is 35.7. The second-order valence-electron chi connectivity index (χ2n) is 2.20. The standard InChI is InChI=1S/C5H10F3NO/c1-3-4(2,10-9)5(6,7)8/h3,9H2,1-2H3. The van der Waals surface area contributed by atoms with Gasteiger partial charge in [-0.05, 0) is 13.3 Å². The molecule has 2 nitrogen and oxygen atoms in total. The quantitative estimate of drug-likeness (QED) is 0.618. The summed E-state index contributed by atoms with van der Waals surface area (Å²) in [6.07, 6.45) is -4.58. The van der Waals surface area contributed by atoms with E-state index >= 15 is 0 Å². The van der Waals surface area contributed by atoms with Gasteiger partial charge in [0.25, 0.3) is 0 Å². The van der Waals surface area contributed by atoms with Crippen LogP contribution in [0.2, 0.25) is 0 Å². The summed E-state index contributed by atoms with van der Waals surface area (Å²) in [6, 6.07) is 0. The van der Waals surface area contributed by atoms with Gasteiger partial charge in [-0.25, -0.2) is 5.90 Å². The van der Waals surface area contributed by atoms with Crippen LogP contribution >= 0.6 is 0 Å². The molecule has 0 spiro atoms. The van der Waals surface area contributed by atoms with Crippen molar-refractivity contribution in [2.75, 3.05) is 0 Å². The Morgan fingerprint density at radius 3 is 1.80 bits per heavy atom. The first kappa shape index (κ1) is 9.71. The van der Waals surface area contributed by atoms with Crippen molar-refractivity contribution in [3.63, 3.8) is 0 Å². The average Bonchev–Trinajstić information content (AvgIpc) is 1.84. The molecule has 0 saturated heterocycles. The molecular formula is C5H10F3NO. The van der Waals surface area contributed by atoms with Crippen LogP contribution in [0.4, 0.5) is 13.2 Å². The van der Waals surface area contributed by atoms with E-state index in [0.717, 1.165) is 6.92 Å². The van der Waals surface area contributed by atoms with Gasteiger partial charge in [-0.3, -0.25) is 4.84 Å². The second-order valence-corrected chi connectivity index (χ2v) is 2.20. The van der Waals surface area contributed by atoms with Gasteiger partial charge in [0, 0.05) is 0 Å². The van der Waals surface area contributed by atoms with Gasteiger partial charge in [-0.15, -0.1) is 0 Å². The maximum atomic E-state index is 11.9. The monoisotopic (exact) mass is 157 g/mol. The lowest BCUT2D eigenvalue weighted by Crippen LogP contribution is -2.46. The normalized spacial score (nSPS) is 18.6. The van der Waals surface area contributed by atoms with Gasteiger partial charge in [0.15, 0.2) is 5.60 Å². The average molecular weight is 157 g/mol. The van der Waals surface area contributed by atoms with Crippen LogP contribution in [0.3, 0.4) is 0 Å². The second kappa shape index (κ2) is 2.75. The largest absolute Gasteiger partial charge is 0.419 e. The molecule has 0 bridgehead atoms. The number of hydrogen-bond donors (Lipinski definition) is 1. The molecule has 1 unspecified atom stereocenters. The summed E-state index contributed by atoms with van der Waals surface area (Å²) in [7, 11) is 0. The summed E-state index contributed by atoms with van der Waals surface area (Å²) in [5.41, 5.74) is -2.20. The lowest BCUT2D eigenvalue weighted by molar-refractivity contribution is -0.273. The van der Waals surface area contributed by atoms with Crippen LogP contribution in [0.25, 0.3) is 0 Å². The molecule has 0 radical (unpaired) electrons. The predicted octanol–water partition coefficient (Wildman–Crippen LogP) is 1.61. The van der Waals surface area contributed by atoms with Gasteiger partial charge in [-0.2, -0.15) is 13.2 Å². The van der Waals surface area contributed by atoms with Crippen molar-refractivity contribution < 1.29 is 18.0 Å². The molecule has 0 aromatic carbocycles. The van der Waals surface area contributed by atoms with Crippen LogP contribution in [0.15, 0.2) is 0 Å². The Bertz CT molecular complexity index is 108. The van der Waals surface area contributed by atoms with E-state index in [9.17, 15) is 13.2 Å². The molecule has 10 heavy (non-hydrogen) atoms. The molecule has 62 valence electrons. The highest BCUT2D eigenvalue weighted by Crippen LogP contribution is 2.34. The van der Waals surface area contributed by atoms with Crippen LogP contribution < -0.4 is 5.90 Å². The summed E-state index contributed by atoms with van der Waals surface area (Å²) in [4.78, 5) is 3.83. The van der Waals surface area contributed by atoms with Crippen molar-refractivity contribution in [3.8, 4) is 0 Å². The Labute approximate surface area is 57.1 Å². The molecule has 0 fully saturated rings. The summed E-state index contributed by atoms with van der Waals surface area (Å²) in [5, 5.41) is 0. The third-order valence-corrected chi connectivity index (χ3v) is 1.53. The molecule has 0 aliphatic heterocycles. The molecular weight excluding hydrogens is 147 g/mol. The van der Waals surface area contributed by atoms with Crippen LogP contribution in [-0.2, 0) is 4.84 Å². The zero-order valence-corrected chi connectivity index (χ0v) is 5.83. The fraction of sp³-hybridized carbons (Fsp3) is 1.00. The lowest BCUT2D eigenvalue weighted by atomic mass is 10.0. The molecule has 0 aliphatic carbocycles. The fourth-order valence-corrected chi connectivity index (χ4v) is 0.351. The minimum Gasteiger partial charge on any atom is -0.289 e. The van der Waals surface area contributed by atoms with Gasteiger partial charge in [0.05, 0.1) is 0 Å². The van der Waals surface area contributed by atoms with Gasteiger partial charge >= 0.3 is 6.18 Å². The number of nitrogens with two attached hydrogens (primary N) is 1. The predicted molar refractivity (Wildman–Crippen MR) is 30.0 cm³/mol. The Hall–Kier alpha value is -0.290. The van der Waals surface area contributed by atoms with Crippen molar-refractivity contribution in [1.82, 2.24) is 0 Å². The zero-order chi connectivity index (χ0) is 8.41. The Morgan fingerprint density at radius 2 is 1.80 bits per heavy atom. The SMILES string of the molecule is CCC(C)(ON)C(F)(F)F. The Kier molecular flexibility index (Phi) is 2.67. The minimum absolute atomic E-state index is 0.188. The highest BCUT2D eigenvalue weighted by Gasteiger charge is 2.51. The maximum Gasteiger partial charge on any atom is 0.419 e. The van der Waals surface area contributed by atoms with E-state index in [-0.39, 0.29) is 6.42 Å². The van der Waals surface area contributed by atoms with Crippen molar-refractivity contribution in [2.45, 2.75) is 32.0 Å². The van der Waals surface area contributed by atoms with Crippen molar-refractivity contribution in [1.29, 1.82) is 0 Å². The van der Waals surface area contributed by atoms with Crippen molar-refractivity contribution in [3.05, 3.63) is 0 Å². The molecule has 0 aromatic rings. The van der Waals surface area contributed by atoms with E-state index in [4.69, 9.17) is 0 Å². The summed E-state index contributed by atoms with van der Waals surface area (Å²) >= 11 is 0. The highest BCUT2D eigenvalue weighted by molar-refractivity contribution is 4.80. The first-order valence-electron chi connectivity index (χ1n) is 2.82. The smallest absolute Gasteiger partial charge is 0.289 e. The van der Waals surface area contributed by atoms with E-state index < -0.39 is 11.8 Å². The minimum atomic E-state index is -4.39. The van der Waals surface area contributed by atoms with E-state index in [1.165, 1.54) is 6.92 Å². The van der Waals surface area contributed by atoms with E-state index in [1.807, 2.05) is 0 Å². The molecule has 0 rings (SSSR count). The lowest BCUT2D eigenvalue weighted by Gasteiger charge is -2.27. The van der Waals surface area contributed by atoms with Crippen LogP contribution in [0, 0.1) is 0 Å². The van der Waals surface area contributed by atoms with E-state index in [1.54, 1.807) is 0 Å². The Balaban J connectivity index is 4.33. The van der Waals surface area contributed by atoms with Gasteiger partial charge in [0.2, 0.25) is 0 Å². The molecule has 0 saturated carbocycles. The first-order chi connectivity index (χ1) is 4.37. The number of rotatable bonds is 2. The summed E-state index contributed by atoms with van der Waals surface area (Å²) in [5.74, 6) is 4.48. The van der Waals surface area contributed by atoms with Crippen molar-refractivity contribution >= 4 is 0 Å². The molecule has 1 atom stereocenters. The van der Waals surface area contributed by atoms with Gasteiger partial charge < -0.3 is 0 Å². The molecule has 5 heteroatoms. The first-order valence-corrected chi connectivity index (χ1v) is 2.82. The number of hydrogen-bond acceptors (Lipinski definition) is 2. The number of alkyl halides is 3. The van der Waals surface area contributed by atoms with Gasteiger partial charge in [0.1, 0.15) is 0 Å². The van der Waals surface area contributed by atoms with Crippen LogP contribution in [-0.4, -0.2) is 11.8 Å². The van der Waals surface area contributed by atoms with Crippen molar-refractivity contribution in [2.24, 2.45) is 5.90 Å². The Morgan fingerprint density at radius 1 is 1.40 bits per heavy atom. The number of halogens is 3. The van der Waals surface area contributed by atoms with Crippen LogP contribution in [0.1, 0.15) is 20.3 Å².